The third-order valence-corrected chi connectivity index (χ3v) is 4.79. The van der Waals surface area contributed by atoms with Crippen LogP contribution in [0, 0.1) is 11.3 Å². The van der Waals surface area contributed by atoms with E-state index in [0.717, 1.165) is 49.7 Å². The summed E-state index contributed by atoms with van der Waals surface area (Å²) < 4.78 is 0. The number of benzene rings is 2. The number of hydrogen-bond donors (Lipinski definition) is 1. The first kappa shape index (κ1) is 18.7. The molecule has 3 rings (SSSR count). The molecule has 0 aliphatic carbocycles. The number of carbonyl (C=O) groups excluding carboxylic acids is 1. The van der Waals surface area contributed by atoms with Gasteiger partial charge in [0.25, 0.3) is 0 Å². The van der Waals surface area contributed by atoms with Gasteiger partial charge in [-0.3, -0.25) is 4.79 Å². The van der Waals surface area contributed by atoms with Crippen molar-refractivity contribution >= 4 is 23.4 Å². The van der Waals surface area contributed by atoms with Crippen molar-refractivity contribution in [3.63, 3.8) is 0 Å². The van der Waals surface area contributed by atoms with Gasteiger partial charge in [-0.2, -0.15) is 5.26 Å². The summed E-state index contributed by atoms with van der Waals surface area (Å²) in [5.74, 6) is -0.168. The predicted octanol–water partition coefficient (Wildman–Crippen LogP) is 3.35. The van der Waals surface area contributed by atoms with E-state index in [1.807, 2.05) is 30.3 Å². The van der Waals surface area contributed by atoms with Crippen LogP contribution in [0.3, 0.4) is 0 Å². The van der Waals surface area contributed by atoms with Gasteiger partial charge in [0.1, 0.15) is 0 Å². The normalized spacial score (nSPS) is 14.9. The Labute approximate surface area is 160 Å². The second-order valence-corrected chi connectivity index (χ2v) is 6.49. The molecule has 1 amide bonds. The van der Waals surface area contributed by atoms with Crippen LogP contribution in [0.5, 0.6) is 0 Å². The van der Waals surface area contributed by atoms with Crippen molar-refractivity contribution in [2.75, 3.05) is 42.9 Å². The number of likely N-dealkylation sites (N-methyl/N-ethyl adjacent to an activating group) is 1. The van der Waals surface area contributed by atoms with E-state index in [-0.39, 0.29) is 5.91 Å². The van der Waals surface area contributed by atoms with Crippen molar-refractivity contribution in [3.8, 4) is 6.07 Å². The third kappa shape index (κ3) is 4.96. The van der Waals surface area contributed by atoms with E-state index in [1.165, 1.54) is 6.08 Å². The number of piperazine rings is 1. The summed E-state index contributed by atoms with van der Waals surface area (Å²) in [5.41, 5.74) is 3.38. The van der Waals surface area contributed by atoms with Gasteiger partial charge in [0.2, 0.25) is 5.91 Å². The number of nitrogens with zero attached hydrogens (tertiary/aromatic N) is 3. The van der Waals surface area contributed by atoms with Crippen LogP contribution >= 0.6 is 0 Å². The van der Waals surface area contributed by atoms with Gasteiger partial charge >= 0.3 is 0 Å². The molecule has 1 aliphatic heterocycles. The van der Waals surface area contributed by atoms with Gasteiger partial charge in [-0.05, 0) is 42.4 Å². The zero-order chi connectivity index (χ0) is 19.1. The molecule has 0 radical (unpaired) electrons. The van der Waals surface area contributed by atoms with Crippen LogP contribution in [0.1, 0.15) is 18.1 Å². The SMILES string of the molecule is CCN1CCN(c2ccccc2NC(=O)C=Cc2ccc(C#N)cc2)CC1. The van der Waals surface area contributed by atoms with E-state index in [9.17, 15) is 4.79 Å². The molecule has 2 aromatic carbocycles. The van der Waals surface area contributed by atoms with Crippen molar-refractivity contribution in [3.05, 3.63) is 65.7 Å². The summed E-state index contributed by atoms with van der Waals surface area (Å²) in [5, 5.41) is 11.8. The minimum absolute atomic E-state index is 0.168. The fourth-order valence-electron chi connectivity index (χ4n) is 3.18. The fraction of sp³-hybridized carbons (Fsp3) is 0.273. The number of hydrogen-bond acceptors (Lipinski definition) is 4. The molecule has 0 unspecified atom stereocenters. The highest BCUT2D eigenvalue weighted by molar-refractivity contribution is 6.03. The Morgan fingerprint density at radius 1 is 1.11 bits per heavy atom. The molecule has 1 saturated heterocycles. The van der Waals surface area contributed by atoms with Crippen LogP contribution < -0.4 is 10.2 Å². The Kier molecular flexibility index (Phi) is 6.24. The first-order chi connectivity index (χ1) is 13.2. The molecule has 2 aromatic rings. The molecule has 5 nitrogen and oxygen atoms in total. The molecule has 0 aromatic heterocycles. The second kappa shape index (κ2) is 9.02. The highest BCUT2D eigenvalue weighted by atomic mass is 16.1. The summed E-state index contributed by atoms with van der Waals surface area (Å²) in [6.07, 6.45) is 3.27. The molecule has 1 N–H and O–H groups in total. The lowest BCUT2D eigenvalue weighted by Crippen LogP contribution is -2.46. The van der Waals surface area contributed by atoms with E-state index in [2.05, 4.69) is 34.2 Å². The van der Waals surface area contributed by atoms with Gasteiger partial charge in [-0.1, -0.05) is 31.2 Å². The maximum Gasteiger partial charge on any atom is 0.248 e. The Morgan fingerprint density at radius 2 is 1.81 bits per heavy atom. The zero-order valence-corrected chi connectivity index (χ0v) is 15.6. The molecular formula is C22H24N4O. The Morgan fingerprint density at radius 3 is 2.48 bits per heavy atom. The quantitative estimate of drug-likeness (QED) is 0.831. The third-order valence-electron chi connectivity index (χ3n) is 4.79. The van der Waals surface area contributed by atoms with Crippen LogP contribution in [-0.2, 0) is 4.79 Å². The lowest BCUT2D eigenvalue weighted by atomic mass is 10.1. The van der Waals surface area contributed by atoms with Crippen molar-refractivity contribution in [1.29, 1.82) is 5.26 Å². The first-order valence-electron chi connectivity index (χ1n) is 9.25. The monoisotopic (exact) mass is 360 g/mol. The Bertz CT molecular complexity index is 843. The summed E-state index contributed by atoms with van der Waals surface area (Å²) in [4.78, 5) is 17.1. The standard InChI is InChI=1S/C22H24N4O/c1-2-25-13-15-26(16-14-25)21-6-4-3-5-20(21)24-22(27)12-11-18-7-9-19(17-23)10-8-18/h3-12H,2,13-16H2,1H3,(H,24,27). The highest BCUT2D eigenvalue weighted by Crippen LogP contribution is 2.26. The molecule has 1 fully saturated rings. The molecule has 0 bridgehead atoms. The topological polar surface area (TPSA) is 59.4 Å². The maximum absolute atomic E-state index is 12.4. The van der Waals surface area contributed by atoms with Crippen LogP contribution in [-0.4, -0.2) is 43.5 Å². The average molecular weight is 360 g/mol. The summed E-state index contributed by atoms with van der Waals surface area (Å²) in [6.45, 7) is 7.26. The van der Waals surface area contributed by atoms with Gasteiger partial charge < -0.3 is 15.1 Å². The molecule has 5 heteroatoms. The van der Waals surface area contributed by atoms with Crippen LogP contribution in [0.15, 0.2) is 54.6 Å². The molecule has 0 spiro atoms. The van der Waals surface area contributed by atoms with Gasteiger partial charge in [0.15, 0.2) is 0 Å². The predicted molar refractivity (Wildman–Crippen MR) is 110 cm³/mol. The van der Waals surface area contributed by atoms with Crippen LogP contribution in [0.4, 0.5) is 11.4 Å². The van der Waals surface area contributed by atoms with Crippen molar-refractivity contribution < 1.29 is 4.79 Å². The van der Waals surface area contributed by atoms with E-state index in [1.54, 1.807) is 18.2 Å². The molecular weight excluding hydrogens is 336 g/mol. The van der Waals surface area contributed by atoms with Gasteiger partial charge in [0, 0.05) is 32.3 Å². The van der Waals surface area contributed by atoms with Crippen molar-refractivity contribution in [1.82, 2.24) is 4.90 Å². The second-order valence-electron chi connectivity index (χ2n) is 6.49. The molecule has 1 aliphatic rings. The number of carbonyl (C=O) groups is 1. The lowest BCUT2D eigenvalue weighted by molar-refractivity contribution is -0.111. The first-order valence-corrected chi connectivity index (χ1v) is 9.25. The number of para-hydroxylation sites is 2. The molecule has 1 heterocycles. The van der Waals surface area contributed by atoms with Gasteiger partial charge in [0.05, 0.1) is 23.0 Å². The number of anilines is 2. The van der Waals surface area contributed by atoms with Crippen LogP contribution in [0.25, 0.3) is 6.08 Å². The molecule has 0 saturated carbocycles. The van der Waals surface area contributed by atoms with Crippen molar-refractivity contribution in [2.24, 2.45) is 0 Å². The summed E-state index contributed by atoms with van der Waals surface area (Å²) >= 11 is 0. The largest absolute Gasteiger partial charge is 0.367 e. The number of nitriles is 1. The zero-order valence-electron chi connectivity index (χ0n) is 15.6. The van der Waals surface area contributed by atoms with Gasteiger partial charge in [-0.15, -0.1) is 0 Å². The number of amides is 1. The lowest BCUT2D eigenvalue weighted by Gasteiger charge is -2.36. The molecule has 27 heavy (non-hydrogen) atoms. The molecule has 0 atom stereocenters. The highest BCUT2D eigenvalue weighted by Gasteiger charge is 2.18. The number of nitrogens with one attached hydrogen (secondary N) is 1. The van der Waals surface area contributed by atoms with E-state index in [0.29, 0.717) is 5.56 Å². The van der Waals surface area contributed by atoms with E-state index >= 15 is 0 Å². The fourth-order valence-corrected chi connectivity index (χ4v) is 3.18. The smallest absolute Gasteiger partial charge is 0.248 e. The van der Waals surface area contributed by atoms with E-state index in [4.69, 9.17) is 5.26 Å². The average Bonchev–Trinajstić information content (AvgIpc) is 2.73. The van der Waals surface area contributed by atoms with E-state index < -0.39 is 0 Å². The summed E-state index contributed by atoms with van der Waals surface area (Å²) in [6, 6.07) is 17.1. The van der Waals surface area contributed by atoms with Crippen molar-refractivity contribution in [2.45, 2.75) is 6.92 Å². The maximum atomic E-state index is 12.4. The summed E-state index contributed by atoms with van der Waals surface area (Å²) in [7, 11) is 0. The minimum Gasteiger partial charge on any atom is -0.367 e. The Balaban J connectivity index is 1.65. The Hall–Kier alpha value is -3.10. The van der Waals surface area contributed by atoms with Gasteiger partial charge in [-0.25, -0.2) is 0 Å². The number of rotatable bonds is 5. The molecule has 138 valence electrons. The minimum atomic E-state index is -0.168. The van der Waals surface area contributed by atoms with Crippen LogP contribution in [0.2, 0.25) is 0 Å².